The van der Waals surface area contributed by atoms with Gasteiger partial charge in [0.1, 0.15) is 16.5 Å². The zero-order chi connectivity index (χ0) is 13.9. The SMILES string of the molecule is CNc1nc(CSc2nccc(=O)[nH]2)nc2sccc12. The molecular formula is C12H11N5OS2. The summed E-state index contributed by atoms with van der Waals surface area (Å²) in [5.41, 5.74) is -0.159. The summed E-state index contributed by atoms with van der Waals surface area (Å²) in [5, 5.41) is 6.66. The zero-order valence-electron chi connectivity index (χ0n) is 10.6. The lowest BCUT2D eigenvalue weighted by molar-refractivity contribution is 0.932. The minimum absolute atomic E-state index is 0.159. The van der Waals surface area contributed by atoms with Gasteiger partial charge in [0.2, 0.25) is 0 Å². The van der Waals surface area contributed by atoms with Crippen LogP contribution in [0.3, 0.4) is 0 Å². The molecule has 2 N–H and O–H groups in total. The highest BCUT2D eigenvalue weighted by molar-refractivity contribution is 7.98. The van der Waals surface area contributed by atoms with Gasteiger partial charge in [-0.1, -0.05) is 11.8 Å². The van der Waals surface area contributed by atoms with Crippen molar-refractivity contribution < 1.29 is 0 Å². The van der Waals surface area contributed by atoms with Gasteiger partial charge in [0, 0.05) is 19.3 Å². The zero-order valence-corrected chi connectivity index (χ0v) is 12.2. The molecule has 0 aliphatic carbocycles. The number of fused-ring (bicyclic) bond motifs is 1. The quantitative estimate of drug-likeness (QED) is 0.567. The molecule has 0 atom stereocenters. The molecule has 102 valence electrons. The maximum Gasteiger partial charge on any atom is 0.251 e. The summed E-state index contributed by atoms with van der Waals surface area (Å²) in [7, 11) is 1.84. The smallest absolute Gasteiger partial charge is 0.251 e. The lowest BCUT2D eigenvalue weighted by Gasteiger charge is -2.04. The Labute approximate surface area is 122 Å². The first-order chi connectivity index (χ1) is 9.76. The van der Waals surface area contributed by atoms with E-state index in [1.807, 2.05) is 18.5 Å². The molecule has 0 bridgehead atoms. The van der Waals surface area contributed by atoms with Crippen LogP contribution in [-0.2, 0) is 5.75 Å². The standard InChI is InChI=1S/C12H11N5OS2/c1-13-10-7-3-5-19-11(7)16-8(15-10)6-20-12-14-4-2-9(18)17-12/h2-5H,6H2,1H3,(H,13,15,16)(H,14,17,18). The fourth-order valence-corrected chi connectivity index (χ4v) is 3.20. The van der Waals surface area contributed by atoms with Crippen LogP contribution in [0.15, 0.2) is 33.7 Å². The van der Waals surface area contributed by atoms with Crippen LogP contribution in [0, 0.1) is 0 Å². The summed E-state index contributed by atoms with van der Waals surface area (Å²) in [6, 6.07) is 3.39. The lowest BCUT2D eigenvalue weighted by atomic mass is 10.4. The van der Waals surface area contributed by atoms with Crippen LogP contribution in [-0.4, -0.2) is 27.0 Å². The number of nitrogens with zero attached hydrogens (tertiary/aromatic N) is 3. The van der Waals surface area contributed by atoms with Crippen LogP contribution in [0.5, 0.6) is 0 Å². The minimum Gasteiger partial charge on any atom is -0.372 e. The second-order valence-corrected chi connectivity index (χ2v) is 5.76. The second-order valence-electron chi connectivity index (χ2n) is 3.91. The third kappa shape index (κ3) is 2.66. The predicted molar refractivity (Wildman–Crippen MR) is 81.4 cm³/mol. The van der Waals surface area contributed by atoms with Crippen LogP contribution in [0.25, 0.3) is 10.2 Å². The molecule has 0 radical (unpaired) electrons. The van der Waals surface area contributed by atoms with Gasteiger partial charge in [-0.15, -0.1) is 11.3 Å². The van der Waals surface area contributed by atoms with Crippen molar-refractivity contribution in [3.05, 3.63) is 39.9 Å². The molecular weight excluding hydrogens is 294 g/mol. The van der Waals surface area contributed by atoms with Crippen LogP contribution >= 0.6 is 23.1 Å². The maximum absolute atomic E-state index is 11.2. The van der Waals surface area contributed by atoms with Crippen LogP contribution in [0.2, 0.25) is 0 Å². The normalized spacial score (nSPS) is 10.8. The molecule has 3 aromatic rings. The number of nitrogens with one attached hydrogen (secondary N) is 2. The maximum atomic E-state index is 11.2. The number of H-pyrrole nitrogens is 1. The lowest BCUT2D eigenvalue weighted by Crippen LogP contribution is -2.05. The number of thioether (sulfide) groups is 1. The summed E-state index contributed by atoms with van der Waals surface area (Å²) < 4.78 is 0. The Morgan fingerprint density at radius 3 is 3.10 bits per heavy atom. The molecule has 3 aromatic heterocycles. The van der Waals surface area contributed by atoms with Crippen LogP contribution in [0.4, 0.5) is 5.82 Å². The molecule has 6 nitrogen and oxygen atoms in total. The number of rotatable bonds is 4. The summed E-state index contributed by atoms with van der Waals surface area (Å²) in [6.45, 7) is 0. The molecule has 20 heavy (non-hydrogen) atoms. The minimum atomic E-state index is -0.159. The van der Waals surface area contributed by atoms with Crippen molar-refractivity contribution in [2.45, 2.75) is 10.9 Å². The molecule has 0 spiro atoms. The fourth-order valence-electron chi connectivity index (χ4n) is 1.71. The molecule has 0 aliphatic heterocycles. The van der Waals surface area contributed by atoms with Gasteiger partial charge < -0.3 is 10.3 Å². The monoisotopic (exact) mass is 305 g/mol. The summed E-state index contributed by atoms with van der Waals surface area (Å²) in [5.74, 6) is 2.08. The summed E-state index contributed by atoms with van der Waals surface area (Å²) >= 11 is 2.98. The average Bonchev–Trinajstić information content (AvgIpc) is 2.92. The highest BCUT2D eigenvalue weighted by atomic mass is 32.2. The van der Waals surface area contributed by atoms with Crippen molar-refractivity contribution >= 4 is 39.1 Å². The van der Waals surface area contributed by atoms with Gasteiger partial charge in [0.05, 0.1) is 11.1 Å². The van der Waals surface area contributed by atoms with E-state index in [1.165, 1.54) is 24.0 Å². The van der Waals surface area contributed by atoms with Gasteiger partial charge in [-0.05, 0) is 11.4 Å². The van der Waals surface area contributed by atoms with Crippen molar-refractivity contribution in [2.24, 2.45) is 0 Å². The second kappa shape index (κ2) is 5.59. The Kier molecular flexibility index (Phi) is 3.66. The van der Waals surface area contributed by atoms with E-state index in [0.29, 0.717) is 16.7 Å². The molecule has 0 saturated heterocycles. The van der Waals surface area contributed by atoms with Crippen molar-refractivity contribution in [3.63, 3.8) is 0 Å². The number of aromatic nitrogens is 4. The van der Waals surface area contributed by atoms with Gasteiger partial charge in [-0.2, -0.15) is 0 Å². The first kappa shape index (κ1) is 13.1. The van der Waals surface area contributed by atoms with E-state index >= 15 is 0 Å². The van der Waals surface area contributed by atoms with Crippen molar-refractivity contribution in [3.8, 4) is 0 Å². The van der Waals surface area contributed by atoms with E-state index in [4.69, 9.17) is 0 Å². The van der Waals surface area contributed by atoms with E-state index in [1.54, 1.807) is 11.3 Å². The Morgan fingerprint density at radius 2 is 2.30 bits per heavy atom. The topological polar surface area (TPSA) is 83.6 Å². The number of thiophene rings is 1. The van der Waals surface area contributed by atoms with Gasteiger partial charge in [0.25, 0.3) is 5.56 Å². The van der Waals surface area contributed by atoms with E-state index < -0.39 is 0 Å². The molecule has 0 saturated carbocycles. The van der Waals surface area contributed by atoms with Crippen molar-refractivity contribution in [1.29, 1.82) is 0 Å². The number of aromatic amines is 1. The van der Waals surface area contributed by atoms with Gasteiger partial charge in [-0.25, -0.2) is 15.0 Å². The molecule has 0 amide bonds. The number of hydrogen-bond donors (Lipinski definition) is 2. The van der Waals surface area contributed by atoms with E-state index in [9.17, 15) is 4.79 Å². The highest BCUT2D eigenvalue weighted by Crippen LogP contribution is 2.26. The first-order valence-corrected chi connectivity index (χ1v) is 7.73. The van der Waals surface area contributed by atoms with Crippen LogP contribution in [0.1, 0.15) is 5.82 Å². The van der Waals surface area contributed by atoms with Gasteiger partial charge >= 0.3 is 0 Å². The third-order valence-electron chi connectivity index (χ3n) is 2.59. The number of anilines is 1. The molecule has 3 heterocycles. The Morgan fingerprint density at radius 1 is 1.40 bits per heavy atom. The Bertz CT molecular complexity index is 798. The van der Waals surface area contributed by atoms with Gasteiger partial charge in [-0.3, -0.25) is 4.79 Å². The highest BCUT2D eigenvalue weighted by Gasteiger charge is 2.08. The van der Waals surface area contributed by atoms with Crippen molar-refractivity contribution in [2.75, 3.05) is 12.4 Å². The largest absolute Gasteiger partial charge is 0.372 e. The molecule has 0 aliphatic rings. The van der Waals surface area contributed by atoms with Crippen molar-refractivity contribution in [1.82, 2.24) is 19.9 Å². The Balaban J connectivity index is 1.85. The molecule has 3 rings (SSSR count). The number of hydrogen-bond acceptors (Lipinski definition) is 7. The molecule has 0 unspecified atom stereocenters. The van der Waals surface area contributed by atoms with E-state index in [0.717, 1.165) is 16.0 Å². The predicted octanol–water partition coefficient (Wildman–Crippen LogP) is 2.11. The summed E-state index contributed by atoms with van der Waals surface area (Å²) in [6.07, 6.45) is 1.49. The van der Waals surface area contributed by atoms with E-state index in [2.05, 4.69) is 25.3 Å². The molecule has 0 aromatic carbocycles. The molecule has 8 heteroatoms. The Hall–Kier alpha value is -1.93. The van der Waals surface area contributed by atoms with Crippen LogP contribution < -0.4 is 10.9 Å². The average molecular weight is 305 g/mol. The summed E-state index contributed by atoms with van der Waals surface area (Å²) in [4.78, 5) is 27.9. The fraction of sp³-hybridized carbons (Fsp3) is 0.167. The van der Waals surface area contributed by atoms with Gasteiger partial charge in [0.15, 0.2) is 5.16 Å². The first-order valence-electron chi connectivity index (χ1n) is 5.86. The van der Waals surface area contributed by atoms with E-state index in [-0.39, 0.29) is 5.56 Å². The third-order valence-corrected chi connectivity index (χ3v) is 4.28. The molecule has 0 fully saturated rings.